The Labute approximate surface area is 117 Å². The molecule has 1 aliphatic rings. The SMILES string of the molecule is CCc1nnc(SCC(=O)O)n1C1CCC(C)C1C. The van der Waals surface area contributed by atoms with E-state index in [4.69, 9.17) is 5.11 Å². The van der Waals surface area contributed by atoms with E-state index in [9.17, 15) is 4.79 Å². The molecule has 1 aliphatic carbocycles. The highest BCUT2D eigenvalue weighted by Gasteiger charge is 2.33. The number of carboxylic acid groups (broad SMARTS) is 1. The third-order valence-electron chi connectivity index (χ3n) is 4.13. The van der Waals surface area contributed by atoms with Crippen LogP contribution in [0, 0.1) is 11.8 Å². The van der Waals surface area contributed by atoms with Gasteiger partial charge in [-0.05, 0) is 24.7 Å². The van der Waals surface area contributed by atoms with Crippen LogP contribution in [0.4, 0.5) is 0 Å². The smallest absolute Gasteiger partial charge is 0.313 e. The molecule has 5 nitrogen and oxygen atoms in total. The Morgan fingerprint density at radius 1 is 1.42 bits per heavy atom. The number of aromatic nitrogens is 3. The van der Waals surface area contributed by atoms with Crippen LogP contribution in [0.1, 0.15) is 45.5 Å². The number of aliphatic carboxylic acids is 1. The second-order valence-corrected chi connectivity index (χ2v) is 6.23. The average molecular weight is 283 g/mol. The van der Waals surface area contributed by atoms with Crippen molar-refractivity contribution < 1.29 is 9.90 Å². The predicted octanol–water partition coefficient (Wildman–Crippen LogP) is 2.62. The number of aryl methyl sites for hydroxylation is 1. The van der Waals surface area contributed by atoms with Crippen LogP contribution < -0.4 is 0 Å². The summed E-state index contributed by atoms with van der Waals surface area (Å²) in [5, 5.41) is 18.0. The number of thioether (sulfide) groups is 1. The first kappa shape index (κ1) is 14.4. The lowest BCUT2D eigenvalue weighted by atomic mass is 9.97. The van der Waals surface area contributed by atoms with E-state index in [2.05, 4.69) is 35.5 Å². The van der Waals surface area contributed by atoms with Gasteiger partial charge in [0, 0.05) is 12.5 Å². The number of carbonyl (C=O) groups is 1. The molecule has 2 rings (SSSR count). The summed E-state index contributed by atoms with van der Waals surface area (Å²) in [4.78, 5) is 10.7. The van der Waals surface area contributed by atoms with Gasteiger partial charge in [0.2, 0.25) is 0 Å². The molecule has 1 heterocycles. The molecular formula is C13H21N3O2S. The highest BCUT2D eigenvalue weighted by molar-refractivity contribution is 7.99. The van der Waals surface area contributed by atoms with E-state index in [-0.39, 0.29) is 5.75 Å². The van der Waals surface area contributed by atoms with Gasteiger partial charge in [-0.2, -0.15) is 0 Å². The Kier molecular flexibility index (Phi) is 4.50. The number of hydrogen-bond donors (Lipinski definition) is 1. The first-order chi connectivity index (χ1) is 9.04. The van der Waals surface area contributed by atoms with Crippen LogP contribution in [-0.4, -0.2) is 31.6 Å². The zero-order chi connectivity index (χ0) is 14.0. The van der Waals surface area contributed by atoms with Crippen LogP contribution >= 0.6 is 11.8 Å². The molecule has 0 radical (unpaired) electrons. The normalized spacial score (nSPS) is 26.8. The molecule has 1 aromatic heterocycles. The lowest BCUT2D eigenvalue weighted by molar-refractivity contribution is -0.133. The van der Waals surface area contributed by atoms with Crippen LogP contribution in [0.5, 0.6) is 0 Å². The summed E-state index contributed by atoms with van der Waals surface area (Å²) in [7, 11) is 0. The van der Waals surface area contributed by atoms with E-state index in [1.807, 2.05) is 0 Å². The molecular weight excluding hydrogens is 262 g/mol. The Hall–Kier alpha value is -1.04. The third kappa shape index (κ3) is 2.94. The quantitative estimate of drug-likeness (QED) is 0.841. The van der Waals surface area contributed by atoms with Crippen LogP contribution in [0.3, 0.4) is 0 Å². The fourth-order valence-electron chi connectivity index (χ4n) is 2.81. The Bertz CT molecular complexity index is 461. The number of carboxylic acids is 1. The van der Waals surface area contributed by atoms with Gasteiger partial charge < -0.3 is 9.67 Å². The molecule has 106 valence electrons. The van der Waals surface area contributed by atoms with Crippen molar-refractivity contribution >= 4 is 17.7 Å². The summed E-state index contributed by atoms with van der Waals surface area (Å²) in [6, 6.07) is 0.413. The fraction of sp³-hybridized carbons (Fsp3) is 0.769. The van der Waals surface area contributed by atoms with Gasteiger partial charge in [0.25, 0.3) is 0 Å². The Morgan fingerprint density at radius 2 is 2.16 bits per heavy atom. The molecule has 1 N–H and O–H groups in total. The summed E-state index contributed by atoms with van der Waals surface area (Å²) >= 11 is 1.27. The van der Waals surface area contributed by atoms with Gasteiger partial charge in [0.1, 0.15) is 5.82 Å². The van der Waals surface area contributed by atoms with E-state index in [1.165, 1.54) is 18.2 Å². The maximum absolute atomic E-state index is 10.7. The monoisotopic (exact) mass is 283 g/mol. The maximum atomic E-state index is 10.7. The highest BCUT2D eigenvalue weighted by atomic mass is 32.2. The van der Waals surface area contributed by atoms with E-state index < -0.39 is 5.97 Å². The second-order valence-electron chi connectivity index (χ2n) is 5.29. The molecule has 3 atom stereocenters. The van der Waals surface area contributed by atoms with Crippen LogP contribution in [0.2, 0.25) is 0 Å². The maximum Gasteiger partial charge on any atom is 0.313 e. The molecule has 6 heteroatoms. The van der Waals surface area contributed by atoms with Crippen LogP contribution in [-0.2, 0) is 11.2 Å². The minimum Gasteiger partial charge on any atom is -0.481 e. The van der Waals surface area contributed by atoms with Crippen LogP contribution in [0.15, 0.2) is 5.16 Å². The molecule has 1 fully saturated rings. The van der Waals surface area contributed by atoms with Crippen molar-refractivity contribution in [2.45, 2.75) is 51.2 Å². The fourth-order valence-corrected chi connectivity index (χ4v) is 3.54. The summed E-state index contributed by atoms with van der Waals surface area (Å²) < 4.78 is 2.18. The number of nitrogens with zero attached hydrogens (tertiary/aromatic N) is 3. The topological polar surface area (TPSA) is 68.0 Å². The van der Waals surface area contributed by atoms with Crippen molar-refractivity contribution in [3.05, 3.63) is 5.82 Å². The van der Waals surface area contributed by atoms with Gasteiger partial charge in [-0.25, -0.2) is 0 Å². The number of rotatable bonds is 5. The molecule has 19 heavy (non-hydrogen) atoms. The number of hydrogen-bond acceptors (Lipinski definition) is 4. The summed E-state index contributed by atoms with van der Waals surface area (Å²) in [5.74, 6) is 1.49. The highest BCUT2D eigenvalue weighted by Crippen LogP contribution is 2.41. The van der Waals surface area contributed by atoms with E-state index in [0.29, 0.717) is 17.9 Å². The standard InChI is InChI=1S/C13H21N3O2S/c1-4-11-14-15-13(19-7-12(17)18)16(11)10-6-5-8(2)9(10)3/h8-10H,4-7H2,1-3H3,(H,17,18). The first-order valence-corrected chi connectivity index (χ1v) is 7.81. The Morgan fingerprint density at radius 3 is 2.68 bits per heavy atom. The lowest BCUT2D eigenvalue weighted by Gasteiger charge is -2.22. The molecule has 0 saturated heterocycles. The largest absolute Gasteiger partial charge is 0.481 e. The lowest BCUT2D eigenvalue weighted by Crippen LogP contribution is -2.18. The van der Waals surface area contributed by atoms with Gasteiger partial charge in [-0.3, -0.25) is 4.79 Å². The molecule has 0 amide bonds. The summed E-state index contributed by atoms with van der Waals surface area (Å²) in [6.45, 7) is 6.62. The van der Waals surface area contributed by atoms with Crippen molar-refractivity contribution in [2.24, 2.45) is 11.8 Å². The molecule has 0 bridgehead atoms. The molecule has 0 aromatic carbocycles. The first-order valence-electron chi connectivity index (χ1n) is 6.83. The molecule has 0 spiro atoms. The zero-order valence-electron chi connectivity index (χ0n) is 11.7. The molecule has 1 saturated carbocycles. The Balaban J connectivity index is 2.26. The minimum absolute atomic E-state index is 0.0402. The van der Waals surface area contributed by atoms with Gasteiger partial charge in [0.05, 0.1) is 5.75 Å². The van der Waals surface area contributed by atoms with E-state index in [1.54, 1.807) is 0 Å². The van der Waals surface area contributed by atoms with Crippen molar-refractivity contribution in [1.82, 2.24) is 14.8 Å². The molecule has 3 unspecified atom stereocenters. The molecule has 0 aliphatic heterocycles. The second kappa shape index (κ2) is 5.94. The zero-order valence-corrected chi connectivity index (χ0v) is 12.5. The van der Waals surface area contributed by atoms with Crippen molar-refractivity contribution in [1.29, 1.82) is 0 Å². The van der Waals surface area contributed by atoms with E-state index >= 15 is 0 Å². The van der Waals surface area contributed by atoms with Crippen LogP contribution in [0.25, 0.3) is 0 Å². The summed E-state index contributed by atoms with van der Waals surface area (Å²) in [5.41, 5.74) is 0. The molecule has 1 aromatic rings. The van der Waals surface area contributed by atoms with Crippen molar-refractivity contribution in [3.63, 3.8) is 0 Å². The predicted molar refractivity (Wildman–Crippen MR) is 74.4 cm³/mol. The van der Waals surface area contributed by atoms with Crippen molar-refractivity contribution in [3.8, 4) is 0 Å². The van der Waals surface area contributed by atoms with E-state index in [0.717, 1.165) is 23.8 Å². The van der Waals surface area contributed by atoms with Gasteiger partial charge >= 0.3 is 5.97 Å². The third-order valence-corrected chi connectivity index (χ3v) is 5.06. The van der Waals surface area contributed by atoms with Gasteiger partial charge in [-0.15, -0.1) is 10.2 Å². The van der Waals surface area contributed by atoms with Gasteiger partial charge in [-0.1, -0.05) is 32.5 Å². The average Bonchev–Trinajstić information content (AvgIpc) is 2.92. The minimum atomic E-state index is -0.814. The summed E-state index contributed by atoms with van der Waals surface area (Å²) in [6.07, 6.45) is 3.18. The van der Waals surface area contributed by atoms with Gasteiger partial charge in [0.15, 0.2) is 5.16 Å². The van der Waals surface area contributed by atoms with Crippen molar-refractivity contribution in [2.75, 3.05) is 5.75 Å².